The van der Waals surface area contributed by atoms with Crippen molar-refractivity contribution in [1.29, 1.82) is 0 Å². The number of carboxylic acids is 1. The normalized spacial score (nSPS) is 10.4. The Bertz CT molecular complexity index is 459. The quantitative estimate of drug-likeness (QED) is 0.509. The molecule has 9 heteroatoms. The van der Waals surface area contributed by atoms with Crippen LogP contribution in [0.4, 0.5) is 14.5 Å². The molecule has 0 atom stereocenters. The average molecular weight is 282 g/mol. The van der Waals surface area contributed by atoms with Gasteiger partial charge in [-0.2, -0.15) is 8.78 Å². The maximum absolute atomic E-state index is 12.0. The smallest absolute Gasteiger partial charge is 0.387 e. The van der Waals surface area contributed by atoms with E-state index in [-0.39, 0.29) is 5.56 Å². The van der Waals surface area contributed by atoms with Crippen LogP contribution in [0.15, 0.2) is 12.1 Å². The predicted octanol–water partition coefficient (Wildman–Crippen LogP) is 2.63. The predicted molar refractivity (Wildman–Crippen MR) is 56.2 cm³/mol. The fraction of sp³-hybridized carbons (Fsp3) is 0.222. The summed E-state index contributed by atoms with van der Waals surface area (Å²) >= 11 is 5.43. The van der Waals surface area contributed by atoms with Crippen molar-refractivity contribution in [2.75, 3.05) is 0 Å². The number of nitro groups is 1. The van der Waals surface area contributed by atoms with E-state index < -0.39 is 40.4 Å². The van der Waals surface area contributed by atoms with Crippen molar-refractivity contribution < 1.29 is 28.3 Å². The molecule has 0 amide bonds. The van der Waals surface area contributed by atoms with Crippen molar-refractivity contribution in [3.8, 4) is 5.75 Å². The van der Waals surface area contributed by atoms with Gasteiger partial charge in [0.05, 0.1) is 28.0 Å². The van der Waals surface area contributed by atoms with Gasteiger partial charge in [-0.15, -0.1) is 11.6 Å². The molecule has 6 nitrogen and oxygen atoms in total. The van der Waals surface area contributed by atoms with E-state index in [1.807, 2.05) is 0 Å². The number of carbonyl (C=O) groups is 1. The summed E-state index contributed by atoms with van der Waals surface area (Å²) in [6, 6.07) is 1.47. The van der Waals surface area contributed by atoms with E-state index in [0.717, 1.165) is 6.07 Å². The number of carboxylic acid groups (broad SMARTS) is 1. The minimum Gasteiger partial charge on any atom is -0.478 e. The monoisotopic (exact) mass is 281 g/mol. The third-order valence-corrected chi connectivity index (χ3v) is 2.25. The highest BCUT2D eigenvalue weighted by molar-refractivity contribution is 6.18. The van der Waals surface area contributed by atoms with Gasteiger partial charge in [-0.1, -0.05) is 0 Å². The van der Waals surface area contributed by atoms with Gasteiger partial charge in [0.1, 0.15) is 5.75 Å². The highest BCUT2D eigenvalue weighted by atomic mass is 35.5. The number of benzene rings is 1. The summed E-state index contributed by atoms with van der Waals surface area (Å²) in [6.07, 6.45) is 0. The zero-order valence-electron chi connectivity index (χ0n) is 8.60. The van der Waals surface area contributed by atoms with Gasteiger partial charge in [0.25, 0.3) is 5.69 Å². The minimum atomic E-state index is -3.21. The summed E-state index contributed by atoms with van der Waals surface area (Å²) in [5.41, 5.74) is -1.49. The number of nitrogens with zero attached hydrogens (tertiary/aromatic N) is 1. The molecule has 0 radical (unpaired) electrons. The van der Waals surface area contributed by atoms with Crippen molar-refractivity contribution in [3.05, 3.63) is 33.4 Å². The largest absolute Gasteiger partial charge is 0.478 e. The molecule has 0 aromatic heterocycles. The van der Waals surface area contributed by atoms with Gasteiger partial charge in [-0.05, 0) is 6.07 Å². The second-order valence-corrected chi connectivity index (χ2v) is 3.31. The Labute approximate surface area is 104 Å². The molecule has 0 heterocycles. The van der Waals surface area contributed by atoms with E-state index in [9.17, 15) is 23.7 Å². The van der Waals surface area contributed by atoms with Crippen molar-refractivity contribution in [1.82, 2.24) is 0 Å². The van der Waals surface area contributed by atoms with Crippen LogP contribution in [0.1, 0.15) is 15.9 Å². The number of rotatable bonds is 5. The molecule has 18 heavy (non-hydrogen) atoms. The lowest BCUT2D eigenvalue weighted by molar-refractivity contribution is -0.385. The first kappa shape index (κ1) is 14.1. The molecule has 1 N–H and O–H groups in total. The van der Waals surface area contributed by atoms with Gasteiger partial charge in [-0.3, -0.25) is 10.1 Å². The molecule has 0 unspecified atom stereocenters. The molecule has 1 aromatic rings. The third kappa shape index (κ3) is 3.04. The molecule has 0 aliphatic heterocycles. The molecule has 0 bridgehead atoms. The Kier molecular flexibility index (Phi) is 4.38. The molecule has 0 saturated carbocycles. The van der Waals surface area contributed by atoms with E-state index in [1.54, 1.807) is 0 Å². The molecule has 0 aliphatic carbocycles. The first-order valence-corrected chi connectivity index (χ1v) is 4.95. The number of hydrogen-bond donors (Lipinski definition) is 1. The van der Waals surface area contributed by atoms with E-state index in [4.69, 9.17) is 16.7 Å². The fourth-order valence-corrected chi connectivity index (χ4v) is 1.58. The van der Waals surface area contributed by atoms with Crippen molar-refractivity contribution in [2.45, 2.75) is 12.5 Å². The second kappa shape index (κ2) is 5.58. The van der Waals surface area contributed by atoms with E-state index >= 15 is 0 Å². The summed E-state index contributed by atoms with van der Waals surface area (Å²) in [5.74, 6) is -2.57. The van der Waals surface area contributed by atoms with E-state index in [2.05, 4.69) is 4.74 Å². The van der Waals surface area contributed by atoms with Crippen LogP contribution in [-0.4, -0.2) is 22.6 Å². The lowest BCUT2D eigenvalue weighted by Gasteiger charge is -2.08. The highest BCUT2D eigenvalue weighted by Gasteiger charge is 2.24. The zero-order valence-corrected chi connectivity index (χ0v) is 9.36. The summed E-state index contributed by atoms with van der Waals surface area (Å²) in [4.78, 5) is 20.7. The molecular formula is C9H6ClF2NO5. The average Bonchev–Trinajstić information content (AvgIpc) is 2.26. The Hall–Kier alpha value is -1.96. The standard InChI is InChI=1S/C9H6ClF2NO5/c10-3-6-5(8(14)15)1-4(18-9(11)12)2-7(6)13(16)17/h1-2,9H,3H2,(H,14,15). The van der Waals surface area contributed by atoms with Crippen LogP contribution < -0.4 is 4.74 Å². The Morgan fingerprint density at radius 2 is 2.17 bits per heavy atom. The molecule has 0 spiro atoms. The van der Waals surface area contributed by atoms with Crippen molar-refractivity contribution in [2.24, 2.45) is 0 Å². The van der Waals surface area contributed by atoms with Gasteiger partial charge >= 0.3 is 12.6 Å². The number of halogens is 3. The molecule has 98 valence electrons. The van der Waals surface area contributed by atoms with Gasteiger partial charge in [0.15, 0.2) is 0 Å². The summed E-state index contributed by atoms with van der Waals surface area (Å²) in [6.45, 7) is -3.21. The maximum atomic E-state index is 12.0. The van der Waals surface area contributed by atoms with E-state index in [1.165, 1.54) is 0 Å². The van der Waals surface area contributed by atoms with Crippen LogP contribution in [0, 0.1) is 10.1 Å². The summed E-state index contributed by atoms with van der Waals surface area (Å²) in [7, 11) is 0. The zero-order chi connectivity index (χ0) is 13.9. The first-order valence-electron chi connectivity index (χ1n) is 4.42. The lowest BCUT2D eigenvalue weighted by Crippen LogP contribution is -2.08. The second-order valence-electron chi connectivity index (χ2n) is 3.04. The van der Waals surface area contributed by atoms with Crippen LogP contribution in [0.25, 0.3) is 0 Å². The highest BCUT2D eigenvalue weighted by Crippen LogP contribution is 2.30. The van der Waals surface area contributed by atoms with Crippen LogP contribution >= 0.6 is 11.6 Å². The van der Waals surface area contributed by atoms with Crippen LogP contribution in [-0.2, 0) is 5.88 Å². The summed E-state index contributed by atoms with van der Waals surface area (Å²) in [5, 5.41) is 19.5. The van der Waals surface area contributed by atoms with Gasteiger partial charge < -0.3 is 9.84 Å². The molecular weight excluding hydrogens is 276 g/mol. The van der Waals surface area contributed by atoms with Crippen molar-refractivity contribution >= 4 is 23.3 Å². The number of hydrogen-bond acceptors (Lipinski definition) is 4. The van der Waals surface area contributed by atoms with E-state index in [0.29, 0.717) is 6.07 Å². The van der Waals surface area contributed by atoms with Gasteiger partial charge in [0, 0.05) is 0 Å². The lowest BCUT2D eigenvalue weighted by atomic mass is 10.1. The number of aromatic carboxylic acids is 1. The summed E-state index contributed by atoms with van der Waals surface area (Å²) < 4.78 is 28.0. The Morgan fingerprint density at radius 3 is 2.56 bits per heavy atom. The minimum absolute atomic E-state index is 0.268. The first-order chi connectivity index (χ1) is 8.36. The SMILES string of the molecule is O=C(O)c1cc(OC(F)F)cc([N+](=O)[O-])c1CCl. The topological polar surface area (TPSA) is 89.7 Å². The Balaban J connectivity index is 3.43. The molecule has 0 fully saturated rings. The third-order valence-electron chi connectivity index (χ3n) is 1.99. The number of ether oxygens (including phenoxy) is 1. The Morgan fingerprint density at radius 1 is 1.56 bits per heavy atom. The fourth-order valence-electron chi connectivity index (χ4n) is 1.30. The van der Waals surface area contributed by atoms with Crippen molar-refractivity contribution in [3.63, 3.8) is 0 Å². The molecule has 0 saturated heterocycles. The maximum Gasteiger partial charge on any atom is 0.387 e. The number of nitro benzene ring substituents is 1. The molecule has 1 rings (SSSR count). The van der Waals surface area contributed by atoms with Crippen LogP contribution in [0.2, 0.25) is 0 Å². The van der Waals surface area contributed by atoms with Gasteiger partial charge in [-0.25, -0.2) is 4.79 Å². The van der Waals surface area contributed by atoms with Crippen LogP contribution in [0.5, 0.6) is 5.75 Å². The van der Waals surface area contributed by atoms with Crippen LogP contribution in [0.3, 0.4) is 0 Å². The molecule has 1 aromatic carbocycles. The number of alkyl halides is 3. The van der Waals surface area contributed by atoms with Gasteiger partial charge in [0.2, 0.25) is 0 Å². The molecule has 0 aliphatic rings.